The van der Waals surface area contributed by atoms with Gasteiger partial charge in [0.2, 0.25) is 5.52 Å². The lowest BCUT2D eigenvalue weighted by molar-refractivity contribution is -0.689. The van der Waals surface area contributed by atoms with Crippen LogP contribution in [0.1, 0.15) is 11.4 Å². The summed E-state index contributed by atoms with van der Waals surface area (Å²) < 4.78 is 32.9. The zero-order chi connectivity index (χ0) is 75.8. The second-order valence-electron chi connectivity index (χ2n) is 27.9. The average molecular weight is 1510 g/mol. The van der Waals surface area contributed by atoms with Crippen LogP contribution in [-0.2, 0) is 6.73 Å². The Labute approximate surface area is 673 Å². The number of hydrogen-bond acceptors (Lipinski definition) is 8. The molecule has 0 saturated heterocycles. The highest BCUT2D eigenvalue weighted by atomic mass is 32.1. The molecule has 0 amide bonds. The first-order valence-electron chi connectivity index (χ1n) is 37.7. The van der Waals surface area contributed by atoms with Crippen molar-refractivity contribution in [3.05, 3.63) is 400 Å². The molecule has 1 aliphatic rings. The van der Waals surface area contributed by atoms with E-state index in [9.17, 15) is 0 Å². The molecular formula is C102H72Al2N3O5S+. The highest BCUT2D eigenvalue weighted by molar-refractivity contribution is 7.21. The minimum atomic E-state index is -0.694. The first kappa shape index (κ1) is 71.4. The summed E-state index contributed by atoms with van der Waals surface area (Å²) in [4.78, 5) is 9.19. The molecule has 2 radical (unpaired) electrons. The number of benzene rings is 17. The maximum absolute atomic E-state index is 5.97. The predicted molar refractivity (Wildman–Crippen MR) is 469 cm³/mol. The van der Waals surface area contributed by atoms with Gasteiger partial charge in [0, 0.05) is 28.2 Å². The van der Waals surface area contributed by atoms with E-state index >= 15 is 0 Å². The van der Waals surface area contributed by atoms with Crippen LogP contribution in [0.3, 0.4) is 0 Å². The Morgan fingerprint density at radius 1 is 0.292 bits per heavy atom. The van der Waals surface area contributed by atoms with E-state index in [1.807, 2.05) is 128 Å². The van der Waals surface area contributed by atoms with Crippen molar-refractivity contribution in [2.24, 2.45) is 0 Å². The molecule has 0 saturated carbocycles. The molecular weight excluding hydrogens is 1430 g/mol. The van der Waals surface area contributed by atoms with Gasteiger partial charge >= 0.3 is 31.8 Å². The van der Waals surface area contributed by atoms with Crippen molar-refractivity contribution in [2.75, 3.05) is 0 Å². The minimum absolute atomic E-state index is 0.608. The number of ether oxygens (including phenoxy) is 1. The van der Waals surface area contributed by atoms with Gasteiger partial charge in [0.1, 0.15) is 33.0 Å². The van der Waals surface area contributed by atoms with Crippen molar-refractivity contribution in [3.63, 3.8) is 0 Å². The van der Waals surface area contributed by atoms with Gasteiger partial charge < -0.3 is 19.9 Å². The topological polar surface area (TPSA) is 75.8 Å². The summed E-state index contributed by atoms with van der Waals surface area (Å²) in [5.41, 5.74) is 18.4. The number of aryl methyl sites for hydroxylation is 2. The van der Waals surface area contributed by atoms with Crippen LogP contribution in [0.25, 0.3) is 152 Å². The molecule has 113 heavy (non-hydrogen) atoms. The van der Waals surface area contributed by atoms with E-state index in [0.717, 1.165) is 67.3 Å². The van der Waals surface area contributed by atoms with Crippen LogP contribution in [0.15, 0.2) is 388 Å². The van der Waals surface area contributed by atoms with Crippen LogP contribution >= 0.6 is 11.3 Å². The number of pyridine rings is 2. The Hall–Kier alpha value is -13.2. The number of fused-ring (bicyclic) bond motifs is 13. The Bertz CT molecular complexity index is 6880. The number of aromatic nitrogens is 3. The highest BCUT2D eigenvalue weighted by Gasteiger charge is 2.29. The molecule has 0 bridgehead atoms. The van der Waals surface area contributed by atoms with Crippen molar-refractivity contribution < 1.29 is 24.5 Å². The summed E-state index contributed by atoms with van der Waals surface area (Å²) in [6, 6.07) is 136. The third-order valence-corrected chi connectivity index (χ3v) is 23.2. The summed E-state index contributed by atoms with van der Waals surface area (Å²) >= 11 is 0.466. The molecule has 3 aromatic heterocycles. The lowest BCUT2D eigenvalue weighted by atomic mass is 9.91. The molecule has 1 aliphatic heterocycles. The monoisotopic (exact) mass is 1500 g/mol. The molecule has 0 fully saturated rings. The summed E-state index contributed by atoms with van der Waals surface area (Å²) in [7, 11) is 0. The number of thiazole rings is 1. The van der Waals surface area contributed by atoms with Crippen LogP contribution in [0.4, 0.5) is 0 Å². The minimum Gasteiger partial charge on any atom is -0.616 e. The zero-order valence-corrected chi connectivity index (χ0v) is 65.2. The van der Waals surface area contributed by atoms with Gasteiger partial charge in [-0.3, -0.25) is 0 Å². The van der Waals surface area contributed by atoms with Crippen molar-refractivity contribution in [1.82, 2.24) is 9.97 Å². The number of hydrogen-bond donors (Lipinski definition) is 0. The summed E-state index contributed by atoms with van der Waals surface area (Å²) in [6.45, 7) is 4.57. The van der Waals surface area contributed by atoms with Gasteiger partial charge in [-0.25, -0.2) is 9.97 Å². The summed E-state index contributed by atoms with van der Waals surface area (Å²) in [6.07, 6.45) is 0. The Balaban J connectivity index is 0.000000109. The lowest BCUT2D eigenvalue weighted by Gasteiger charge is -2.13. The smallest absolute Gasteiger partial charge is 0.616 e. The Morgan fingerprint density at radius 2 is 0.717 bits per heavy atom. The van der Waals surface area contributed by atoms with Crippen LogP contribution in [0, 0.1) is 13.8 Å². The molecule has 0 N–H and O–H groups in total. The summed E-state index contributed by atoms with van der Waals surface area (Å²) in [5, 5.41) is 16.0. The molecule has 20 aromatic rings. The van der Waals surface area contributed by atoms with E-state index in [1.54, 1.807) is 0 Å². The van der Waals surface area contributed by atoms with E-state index in [-0.39, 0.29) is 0 Å². The Morgan fingerprint density at radius 3 is 1.37 bits per heavy atom. The predicted octanol–water partition coefficient (Wildman–Crippen LogP) is 26.1. The number of para-hydroxylation sites is 4. The van der Waals surface area contributed by atoms with Gasteiger partial charge in [0.05, 0.1) is 17.1 Å². The van der Waals surface area contributed by atoms with Crippen LogP contribution in [0.2, 0.25) is 0 Å². The zero-order valence-electron chi connectivity index (χ0n) is 62.1. The van der Waals surface area contributed by atoms with Crippen molar-refractivity contribution >= 4 is 129 Å². The van der Waals surface area contributed by atoms with Crippen molar-refractivity contribution in [1.29, 1.82) is 0 Å². The van der Waals surface area contributed by atoms with Crippen LogP contribution in [0.5, 0.6) is 28.7 Å². The molecule has 0 atom stereocenters. The maximum Gasteiger partial charge on any atom is 0.881 e. The van der Waals surface area contributed by atoms with Crippen LogP contribution < -0.4 is 24.5 Å². The van der Waals surface area contributed by atoms with Gasteiger partial charge in [-0.15, -0.1) is 4.57 Å². The van der Waals surface area contributed by atoms with E-state index in [2.05, 4.69) is 300 Å². The fourth-order valence-corrected chi connectivity index (χ4v) is 17.1. The second kappa shape index (κ2) is 32.8. The molecule has 4 heterocycles. The normalized spacial score (nSPS) is 11.3. The molecule has 17 aromatic carbocycles. The van der Waals surface area contributed by atoms with Gasteiger partial charge in [-0.1, -0.05) is 290 Å². The molecule has 21 rings (SSSR count). The fourth-order valence-electron chi connectivity index (χ4n) is 14.8. The van der Waals surface area contributed by atoms with Crippen molar-refractivity contribution in [3.8, 4) is 95.0 Å². The first-order chi connectivity index (χ1) is 55.8. The standard InChI is InChI=1S/C40H26.C16H12O.C14H10NOS.C12H10O.2C10H9NO.2Al/c1-2-9-28-22-31(17-16-27(28)8-1)33-21-20-32-23-30(18-19-34(32)24-33)29-11-7-12-35(25-29)40-26-36-10-3-4-13-37(36)38-14-5-6-15-39(38)40;17-16-9-8-14-10-13(6-7-15(14)11-16)12-4-2-1-3-5-12;1-3-7-12-10(5-1)14-15(9-16-12)11-6-2-4-8-13(11)17-14;13-12-8-6-11(7-9-12)10-4-2-1-3-5-10;2*1-7-5-6-8-3-2-4-9(12)10(8)11-7;;/h1-26H;1-11,17H;1-8H,9H2;1-9,13H;2*2-6,12H,1H3;;/q;;+1;;;;2*+2/p-4. The molecule has 0 unspecified atom stereocenters. The maximum atomic E-state index is 5.97. The second-order valence-corrected chi connectivity index (χ2v) is 30.2. The quantitative estimate of drug-likeness (QED) is 0.0647. The average Bonchev–Trinajstić information content (AvgIpc) is 1.75. The van der Waals surface area contributed by atoms with E-state index < -0.39 is 31.8 Å². The Kier molecular flexibility index (Phi) is 20.7. The largest absolute Gasteiger partial charge is 0.881 e. The number of rotatable bonds is 13. The lowest BCUT2D eigenvalue weighted by Crippen LogP contribution is -2.39. The van der Waals surface area contributed by atoms with Crippen molar-refractivity contribution in [2.45, 2.75) is 20.6 Å². The van der Waals surface area contributed by atoms with Gasteiger partial charge in [0.15, 0.2) is 0 Å². The third-order valence-electron chi connectivity index (χ3n) is 20.5. The van der Waals surface area contributed by atoms with Gasteiger partial charge in [-0.2, -0.15) is 0 Å². The molecule has 8 nitrogen and oxygen atoms in total. The van der Waals surface area contributed by atoms with Gasteiger partial charge in [-0.05, 0) is 226 Å². The first-order valence-corrected chi connectivity index (χ1v) is 40.4. The van der Waals surface area contributed by atoms with Crippen LogP contribution in [-0.4, -0.2) is 41.7 Å². The SMILES string of the molecule is Cc1ccc2cccc([O][Al][O]c3ccc(-c4ccccc4)cc3)c2n1.Cc1ccc2cccc([O][Al][O]c3ccc4cc(-c5ccccc5)ccc4c3)c2n1.c1cc(-c2ccc3cc(-c4ccc5ccccc5c4)ccc3c2)cc(-c2cc3ccccc3c3ccccc23)c1.c1ccc2c(c1)OC[n+]1c-2sc2ccccc21. The highest BCUT2D eigenvalue weighted by Crippen LogP contribution is 2.40. The fraction of sp³-hybridized carbons (Fsp3) is 0.0294. The van der Waals surface area contributed by atoms with Gasteiger partial charge in [0.25, 0.3) is 11.7 Å². The third kappa shape index (κ3) is 15.8. The van der Waals surface area contributed by atoms with E-state index in [1.165, 1.54) is 125 Å². The van der Waals surface area contributed by atoms with E-state index in [4.69, 9.17) is 19.9 Å². The summed E-state index contributed by atoms with van der Waals surface area (Å²) in [5.74, 6) is 4.14. The molecule has 11 heteroatoms. The number of nitrogens with zero attached hydrogens (tertiary/aromatic N) is 3. The van der Waals surface area contributed by atoms with E-state index in [0.29, 0.717) is 6.73 Å². The molecule has 0 spiro atoms. The molecule has 0 aliphatic carbocycles. The molecule has 536 valence electrons.